The van der Waals surface area contributed by atoms with Gasteiger partial charge in [0.25, 0.3) is 5.91 Å². The van der Waals surface area contributed by atoms with E-state index in [1.807, 2.05) is 0 Å². The maximum atomic E-state index is 13.1. The predicted molar refractivity (Wildman–Crippen MR) is 105 cm³/mol. The summed E-state index contributed by atoms with van der Waals surface area (Å²) in [6.07, 6.45) is 5.04. The van der Waals surface area contributed by atoms with Crippen LogP contribution in [0.1, 0.15) is 60.0 Å². The molecule has 1 aliphatic carbocycles. The molecule has 152 valence electrons. The van der Waals surface area contributed by atoms with Gasteiger partial charge in [0.1, 0.15) is 6.10 Å². The highest BCUT2D eigenvalue weighted by Crippen LogP contribution is 2.41. The van der Waals surface area contributed by atoms with Crippen molar-refractivity contribution in [2.75, 3.05) is 26.2 Å². The van der Waals surface area contributed by atoms with E-state index in [0.717, 1.165) is 31.0 Å². The molecule has 4 aliphatic heterocycles. The van der Waals surface area contributed by atoms with Crippen molar-refractivity contribution in [1.29, 1.82) is 0 Å². The van der Waals surface area contributed by atoms with E-state index in [0.29, 0.717) is 17.9 Å². The topological polar surface area (TPSA) is 81.1 Å². The van der Waals surface area contributed by atoms with Crippen LogP contribution in [0.5, 0.6) is 0 Å². The van der Waals surface area contributed by atoms with Crippen LogP contribution < -0.4 is 0 Å². The third kappa shape index (κ3) is 3.55. The number of amides is 1. The number of hydrogen-bond acceptors (Lipinski definition) is 4. The monoisotopic (exact) mass is 386 g/mol. The Kier molecular flexibility index (Phi) is 5.43. The van der Waals surface area contributed by atoms with Crippen LogP contribution in [0.15, 0.2) is 18.2 Å². The van der Waals surface area contributed by atoms with E-state index in [2.05, 4.69) is 28.0 Å². The van der Waals surface area contributed by atoms with Crippen LogP contribution in [0.2, 0.25) is 0 Å². The van der Waals surface area contributed by atoms with Crippen LogP contribution in [0.3, 0.4) is 0 Å². The smallest absolute Gasteiger partial charge is 0.332 e. The number of carboxylic acid groups (broad SMARTS) is 1. The fraction of sp³-hybridized carbons (Fsp3) is 0.636. The highest BCUT2D eigenvalue weighted by atomic mass is 16.4. The zero-order valence-corrected chi connectivity index (χ0v) is 16.5. The van der Waals surface area contributed by atoms with Gasteiger partial charge in [-0.25, -0.2) is 4.79 Å². The van der Waals surface area contributed by atoms with Gasteiger partial charge in [0.15, 0.2) is 0 Å². The van der Waals surface area contributed by atoms with Crippen molar-refractivity contribution in [3.05, 3.63) is 34.9 Å². The lowest BCUT2D eigenvalue weighted by Crippen LogP contribution is -2.60. The Bertz CT molecular complexity index is 755. The van der Waals surface area contributed by atoms with Gasteiger partial charge in [0.2, 0.25) is 0 Å². The van der Waals surface area contributed by atoms with E-state index in [1.54, 1.807) is 0 Å². The molecule has 0 saturated carbocycles. The highest BCUT2D eigenvalue weighted by molar-refractivity contribution is 5.98. The number of benzene rings is 1. The second-order valence-electron chi connectivity index (χ2n) is 8.64. The molecule has 1 aromatic rings. The molecule has 3 atom stereocenters. The molecule has 2 bridgehead atoms. The van der Waals surface area contributed by atoms with Crippen LogP contribution in [-0.4, -0.2) is 70.2 Å². The average molecular weight is 386 g/mol. The number of carbonyl (C=O) groups excluding carboxylic acids is 1. The molecular weight excluding hydrogens is 356 g/mol. The summed E-state index contributed by atoms with van der Waals surface area (Å²) < 4.78 is 0. The molecule has 1 aromatic carbocycles. The summed E-state index contributed by atoms with van der Waals surface area (Å²) in [4.78, 5) is 27.4. The summed E-state index contributed by atoms with van der Waals surface area (Å²) in [7, 11) is 0. The Labute approximate surface area is 166 Å². The number of carboxylic acids is 1. The Hall–Kier alpha value is -1.92. The fourth-order valence-electron chi connectivity index (χ4n) is 5.41. The Morgan fingerprint density at radius 3 is 2.50 bits per heavy atom. The second-order valence-corrected chi connectivity index (χ2v) is 8.64. The van der Waals surface area contributed by atoms with Crippen LogP contribution >= 0.6 is 0 Å². The molecule has 6 rings (SSSR count). The number of aliphatic hydroxyl groups excluding tert-OH is 1. The fourth-order valence-corrected chi connectivity index (χ4v) is 5.41. The third-order valence-electron chi connectivity index (χ3n) is 6.89. The van der Waals surface area contributed by atoms with Crippen molar-refractivity contribution in [3.63, 3.8) is 0 Å². The highest BCUT2D eigenvalue weighted by Gasteiger charge is 2.43. The van der Waals surface area contributed by atoms with Crippen molar-refractivity contribution in [1.82, 2.24) is 9.80 Å². The van der Waals surface area contributed by atoms with E-state index in [1.165, 1.54) is 56.8 Å². The largest absolute Gasteiger partial charge is 0.479 e. The molecule has 3 fully saturated rings. The van der Waals surface area contributed by atoms with Gasteiger partial charge in [0.05, 0.1) is 0 Å². The van der Waals surface area contributed by atoms with Gasteiger partial charge in [0, 0.05) is 30.6 Å². The van der Waals surface area contributed by atoms with E-state index < -0.39 is 12.1 Å². The first-order valence-corrected chi connectivity index (χ1v) is 10.5. The molecule has 0 spiro atoms. The normalized spacial score (nSPS) is 31.5. The molecule has 5 aliphatic rings. The summed E-state index contributed by atoms with van der Waals surface area (Å²) >= 11 is 0. The molecule has 28 heavy (non-hydrogen) atoms. The summed E-state index contributed by atoms with van der Waals surface area (Å²) in [5.74, 6) is 0.458. The Morgan fingerprint density at radius 2 is 1.89 bits per heavy atom. The van der Waals surface area contributed by atoms with Gasteiger partial charge in [-0.15, -0.1) is 0 Å². The minimum absolute atomic E-state index is 0.314. The zero-order chi connectivity index (χ0) is 19.8. The van der Waals surface area contributed by atoms with Gasteiger partial charge in [-0.3, -0.25) is 4.79 Å². The van der Waals surface area contributed by atoms with Crippen molar-refractivity contribution in [2.45, 2.75) is 57.1 Å². The number of aliphatic carboxylic acids is 1. The second kappa shape index (κ2) is 7.84. The standard InChI is InChI=1S/C19H24N2O.C3H6O3/c22-19-16-6-2-4-14-3-1-5-15(18(14)16)11-21(19)17-12-20-9-7-13(17)8-10-20;1-2(4)3(5)6/h2,4,6,13,15,17H,1,3,5,7-12H2;2,4H,1H3,(H,5,6)/t15-,17-;/m1./s1. The van der Waals surface area contributed by atoms with Crippen LogP contribution in [0.4, 0.5) is 0 Å². The van der Waals surface area contributed by atoms with Gasteiger partial charge >= 0.3 is 5.97 Å². The van der Waals surface area contributed by atoms with Gasteiger partial charge in [-0.1, -0.05) is 12.1 Å². The third-order valence-corrected chi connectivity index (χ3v) is 6.89. The minimum Gasteiger partial charge on any atom is -0.479 e. The predicted octanol–water partition coefficient (Wildman–Crippen LogP) is 2.11. The van der Waals surface area contributed by atoms with E-state index in [4.69, 9.17) is 10.2 Å². The molecule has 4 heterocycles. The van der Waals surface area contributed by atoms with E-state index in [9.17, 15) is 9.59 Å². The molecule has 1 amide bonds. The molecule has 3 saturated heterocycles. The molecule has 2 N–H and O–H groups in total. The summed E-state index contributed by atoms with van der Waals surface area (Å²) in [6.45, 7) is 5.76. The lowest BCUT2D eigenvalue weighted by atomic mass is 9.75. The lowest BCUT2D eigenvalue weighted by molar-refractivity contribution is -0.145. The maximum absolute atomic E-state index is 13.1. The minimum atomic E-state index is -1.23. The average Bonchev–Trinajstić information content (AvgIpc) is 2.72. The number of aryl methyl sites for hydroxylation is 1. The molecule has 1 unspecified atom stereocenters. The van der Waals surface area contributed by atoms with Crippen LogP contribution in [0, 0.1) is 5.92 Å². The van der Waals surface area contributed by atoms with Gasteiger partial charge < -0.3 is 20.0 Å². The number of nitrogens with zero attached hydrogens (tertiary/aromatic N) is 2. The number of piperidine rings is 3. The number of fused-ring (bicyclic) bond motifs is 3. The summed E-state index contributed by atoms with van der Waals surface area (Å²) in [5, 5.41) is 15.8. The Morgan fingerprint density at radius 1 is 1.18 bits per heavy atom. The van der Waals surface area contributed by atoms with Crippen molar-refractivity contribution < 1.29 is 19.8 Å². The Balaban J connectivity index is 0.000000283. The number of rotatable bonds is 2. The number of carbonyl (C=O) groups is 2. The maximum Gasteiger partial charge on any atom is 0.332 e. The molecule has 6 nitrogen and oxygen atoms in total. The molecular formula is C22H30N2O4. The molecule has 6 heteroatoms. The number of aliphatic hydroxyl groups is 1. The van der Waals surface area contributed by atoms with E-state index >= 15 is 0 Å². The van der Waals surface area contributed by atoms with E-state index in [-0.39, 0.29) is 0 Å². The summed E-state index contributed by atoms with van der Waals surface area (Å²) in [5.41, 5.74) is 3.86. The summed E-state index contributed by atoms with van der Waals surface area (Å²) in [6, 6.07) is 6.87. The first-order valence-electron chi connectivity index (χ1n) is 10.5. The first-order chi connectivity index (χ1) is 13.5. The van der Waals surface area contributed by atoms with Gasteiger partial charge in [-0.2, -0.15) is 0 Å². The lowest BCUT2D eigenvalue weighted by Gasteiger charge is -2.51. The van der Waals surface area contributed by atoms with Gasteiger partial charge in [-0.05, 0) is 75.2 Å². The SMILES string of the molecule is CC(O)C(=O)O.O=C1c2cccc3c2[C@H](CCC3)CN1[C@@H]1CN2CCC1CC2. The van der Waals surface area contributed by atoms with Crippen LogP contribution in [-0.2, 0) is 11.2 Å². The quantitative estimate of drug-likeness (QED) is 0.814. The zero-order valence-electron chi connectivity index (χ0n) is 16.5. The number of hydrogen-bond donors (Lipinski definition) is 2. The van der Waals surface area contributed by atoms with Crippen LogP contribution in [0.25, 0.3) is 0 Å². The van der Waals surface area contributed by atoms with Crippen molar-refractivity contribution in [2.24, 2.45) is 5.92 Å². The first kappa shape index (κ1) is 19.4. The molecule has 0 radical (unpaired) electrons. The van der Waals surface area contributed by atoms with Crippen molar-refractivity contribution >= 4 is 11.9 Å². The van der Waals surface area contributed by atoms with Crippen molar-refractivity contribution in [3.8, 4) is 0 Å². The molecule has 0 aromatic heterocycles.